The van der Waals surface area contributed by atoms with E-state index in [1.165, 1.54) is 18.6 Å². The van der Waals surface area contributed by atoms with Gasteiger partial charge in [0.2, 0.25) is 0 Å². The molecule has 0 bridgehead atoms. The van der Waals surface area contributed by atoms with Crippen LogP contribution in [0.25, 0.3) is 0 Å². The average Bonchev–Trinajstić information content (AvgIpc) is 2.46. The monoisotopic (exact) mass is 297 g/mol. The molecule has 21 heavy (non-hydrogen) atoms. The van der Waals surface area contributed by atoms with Crippen molar-refractivity contribution in [2.24, 2.45) is 5.92 Å². The fourth-order valence-corrected chi connectivity index (χ4v) is 2.85. The molecular weight excluding hydrogens is 279 g/mol. The van der Waals surface area contributed by atoms with Crippen LogP contribution >= 0.6 is 0 Å². The van der Waals surface area contributed by atoms with E-state index in [9.17, 15) is 13.2 Å². The Bertz CT molecular complexity index is 533. The molecule has 1 fully saturated rings. The number of nitrogens with zero attached hydrogens (tertiary/aromatic N) is 1. The normalized spacial score (nSPS) is 22.6. The standard InChI is InChI=1S/C16H18F3NO/c1-2-11-4-3-5-13(8-11)21-14-6-7-15(16(17,18)19)12(9-14)10-20/h6-7,9,11,13H,2-5,8H2,1H3. The summed E-state index contributed by atoms with van der Waals surface area (Å²) >= 11 is 0. The van der Waals surface area contributed by atoms with Gasteiger partial charge < -0.3 is 4.74 Å². The number of halogens is 3. The first-order chi connectivity index (χ1) is 9.94. The molecule has 0 N–H and O–H groups in total. The molecule has 114 valence electrons. The Balaban J connectivity index is 2.13. The second kappa shape index (κ2) is 6.38. The maximum atomic E-state index is 12.7. The zero-order chi connectivity index (χ0) is 15.5. The highest BCUT2D eigenvalue weighted by atomic mass is 19.4. The van der Waals surface area contributed by atoms with Gasteiger partial charge in [0.25, 0.3) is 0 Å². The van der Waals surface area contributed by atoms with Crippen LogP contribution in [0.5, 0.6) is 5.75 Å². The number of alkyl halides is 3. The van der Waals surface area contributed by atoms with Crippen molar-refractivity contribution in [2.45, 2.75) is 51.3 Å². The summed E-state index contributed by atoms with van der Waals surface area (Å²) in [6, 6.07) is 5.02. The minimum atomic E-state index is -4.51. The van der Waals surface area contributed by atoms with Gasteiger partial charge in [-0.1, -0.05) is 19.8 Å². The molecule has 0 amide bonds. The van der Waals surface area contributed by atoms with Crippen LogP contribution in [0.3, 0.4) is 0 Å². The van der Waals surface area contributed by atoms with E-state index in [0.29, 0.717) is 11.7 Å². The van der Waals surface area contributed by atoms with Gasteiger partial charge in [-0.05, 0) is 43.4 Å². The van der Waals surface area contributed by atoms with E-state index in [0.717, 1.165) is 31.7 Å². The Kier molecular flexibility index (Phi) is 4.76. The van der Waals surface area contributed by atoms with Crippen LogP contribution in [0, 0.1) is 17.2 Å². The summed E-state index contributed by atoms with van der Waals surface area (Å²) < 4.78 is 44.0. The SMILES string of the molecule is CCC1CCCC(Oc2ccc(C(F)(F)F)c(C#N)c2)C1. The largest absolute Gasteiger partial charge is 0.490 e. The molecule has 0 spiro atoms. The first kappa shape index (κ1) is 15.7. The summed E-state index contributed by atoms with van der Waals surface area (Å²) in [5.74, 6) is 0.968. The highest BCUT2D eigenvalue weighted by Gasteiger charge is 2.34. The minimum absolute atomic E-state index is 0.0342. The van der Waals surface area contributed by atoms with Crippen LogP contribution in [0.15, 0.2) is 18.2 Å². The molecule has 5 heteroatoms. The predicted octanol–water partition coefficient (Wildman–Crippen LogP) is 4.92. The van der Waals surface area contributed by atoms with Crippen molar-refractivity contribution in [1.29, 1.82) is 5.26 Å². The predicted molar refractivity (Wildman–Crippen MR) is 72.8 cm³/mol. The lowest BCUT2D eigenvalue weighted by molar-refractivity contribution is -0.137. The fraction of sp³-hybridized carbons (Fsp3) is 0.562. The molecule has 2 nitrogen and oxygen atoms in total. The van der Waals surface area contributed by atoms with Crippen molar-refractivity contribution < 1.29 is 17.9 Å². The number of hydrogen-bond acceptors (Lipinski definition) is 2. The summed E-state index contributed by atoms with van der Waals surface area (Å²) in [7, 11) is 0. The number of ether oxygens (including phenoxy) is 1. The Morgan fingerprint density at radius 2 is 2.10 bits per heavy atom. The van der Waals surface area contributed by atoms with Crippen molar-refractivity contribution in [3.05, 3.63) is 29.3 Å². The van der Waals surface area contributed by atoms with E-state index in [1.807, 2.05) is 0 Å². The first-order valence-electron chi connectivity index (χ1n) is 7.22. The molecule has 2 unspecified atom stereocenters. The highest BCUT2D eigenvalue weighted by Crippen LogP contribution is 2.35. The molecule has 0 heterocycles. The van der Waals surface area contributed by atoms with Crippen molar-refractivity contribution in [1.82, 2.24) is 0 Å². The molecule has 1 aromatic carbocycles. The van der Waals surface area contributed by atoms with Gasteiger partial charge in [0, 0.05) is 0 Å². The second-order valence-electron chi connectivity index (χ2n) is 5.50. The number of hydrogen-bond donors (Lipinski definition) is 0. The molecule has 1 aliphatic rings. The Morgan fingerprint density at radius 1 is 1.33 bits per heavy atom. The molecule has 1 saturated carbocycles. The summed E-state index contributed by atoms with van der Waals surface area (Å²) in [6.45, 7) is 2.14. The van der Waals surface area contributed by atoms with E-state index in [4.69, 9.17) is 10.00 Å². The molecule has 0 aliphatic heterocycles. The molecule has 1 aromatic rings. The summed E-state index contributed by atoms with van der Waals surface area (Å²) in [4.78, 5) is 0. The average molecular weight is 297 g/mol. The van der Waals surface area contributed by atoms with Crippen LogP contribution in [0.1, 0.15) is 50.2 Å². The first-order valence-corrected chi connectivity index (χ1v) is 7.22. The van der Waals surface area contributed by atoms with E-state index in [2.05, 4.69) is 6.92 Å². The van der Waals surface area contributed by atoms with Gasteiger partial charge in [-0.2, -0.15) is 18.4 Å². The summed E-state index contributed by atoms with van der Waals surface area (Å²) in [5, 5.41) is 8.89. The maximum Gasteiger partial charge on any atom is 0.417 e. The highest BCUT2D eigenvalue weighted by molar-refractivity contribution is 5.44. The maximum absolute atomic E-state index is 12.7. The van der Waals surface area contributed by atoms with Crippen molar-refractivity contribution in [2.75, 3.05) is 0 Å². The van der Waals surface area contributed by atoms with Gasteiger partial charge in [-0.15, -0.1) is 0 Å². The van der Waals surface area contributed by atoms with Gasteiger partial charge in [0.15, 0.2) is 0 Å². The zero-order valence-corrected chi connectivity index (χ0v) is 11.9. The van der Waals surface area contributed by atoms with E-state index in [-0.39, 0.29) is 11.7 Å². The third-order valence-corrected chi connectivity index (χ3v) is 4.03. The van der Waals surface area contributed by atoms with E-state index >= 15 is 0 Å². The van der Waals surface area contributed by atoms with Crippen LogP contribution in [-0.2, 0) is 6.18 Å². The van der Waals surface area contributed by atoms with Crippen molar-refractivity contribution in [3.63, 3.8) is 0 Å². The van der Waals surface area contributed by atoms with Gasteiger partial charge in [-0.25, -0.2) is 0 Å². The molecular formula is C16H18F3NO. The Hall–Kier alpha value is -1.70. The molecule has 0 saturated heterocycles. The molecule has 2 atom stereocenters. The summed E-state index contributed by atoms with van der Waals surface area (Å²) in [6.07, 6.45) is 0.727. The number of benzene rings is 1. The molecule has 0 aromatic heterocycles. The Morgan fingerprint density at radius 3 is 2.71 bits per heavy atom. The van der Waals surface area contributed by atoms with Crippen LogP contribution in [0.4, 0.5) is 13.2 Å². The van der Waals surface area contributed by atoms with Crippen LogP contribution in [-0.4, -0.2) is 6.10 Å². The lowest BCUT2D eigenvalue weighted by Gasteiger charge is -2.29. The van der Waals surface area contributed by atoms with Gasteiger partial charge in [-0.3, -0.25) is 0 Å². The summed E-state index contributed by atoms with van der Waals surface area (Å²) in [5.41, 5.74) is -1.30. The van der Waals surface area contributed by atoms with Crippen LogP contribution in [0.2, 0.25) is 0 Å². The molecule has 2 rings (SSSR count). The second-order valence-corrected chi connectivity index (χ2v) is 5.50. The minimum Gasteiger partial charge on any atom is -0.490 e. The third kappa shape index (κ3) is 3.90. The fourth-order valence-electron chi connectivity index (χ4n) is 2.85. The third-order valence-electron chi connectivity index (χ3n) is 4.03. The van der Waals surface area contributed by atoms with Crippen molar-refractivity contribution in [3.8, 4) is 11.8 Å². The Labute approximate surface area is 122 Å². The zero-order valence-electron chi connectivity index (χ0n) is 11.9. The molecule has 0 radical (unpaired) electrons. The van der Waals surface area contributed by atoms with Gasteiger partial charge in [0.05, 0.1) is 23.3 Å². The van der Waals surface area contributed by atoms with Gasteiger partial charge in [0.1, 0.15) is 5.75 Å². The van der Waals surface area contributed by atoms with E-state index in [1.54, 1.807) is 6.07 Å². The number of rotatable bonds is 3. The van der Waals surface area contributed by atoms with Gasteiger partial charge >= 0.3 is 6.18 Å². The number of nitriles is 1. The molecule has 1 aliphatic carbocycles. The smallest absolute Gasteiger partial charge is 0.417 e. The van der Waals surface area contributed by atoms with E-state index < -0.39 is 11.7 Å². The van der Waals surface area contributed by atoms with Crippen LogP contribution < -0.4 is 4.74 Å². The topological polar surface area (TPSA) is 33.0 Å². The quantitative estimate of drug-likeness (QED) is 0.793. The van der Waals surface area contributed by atoms with Crippen molar-refractivity contribution >= 4 is 0 Å². The lowest BCUT2D eigenvalue weighted by Crippen LogP contribution is -2.25. The lowest BCUT2D eigenvalue weighted by atomic mass is 9.85.